The minimum absolute atomic E-state index is 0.0886. The van der Waals surface area contributed by atoms with Crippen LogP contribution in [0.15, 0.2) is 54.8 Å². The number of ether oxygens (including phenoxy) is 1. The fourth-order valence-corrected chi connectivity index (χ4v) is 4.75. The average molecular weight is 266 g/mol. The molecule has 1 aromatic rings. The third-order valence-electron chi connectivity index (χ3n) is 5.69. The van der Waals surface area contributed by atoms with E-state index < -0.39 is 0 Å². The summed E-state index contributed by atoms with van der Waals surface area (Å²) >= 11 is 0. The Morgan fingerprint density at radius 1 is 1.15 bits per heavy atom. The molecule has 104 valence electrons. The fourth-order valence-electron chi connectivity index (χ4n) is 4.75. The maximum absolute atomic E-state index is 6.42. The minimum Gasteiger partial charge on any atom is -0.491 e. The summed E-state index contributed by atoms with van der Waals surface area (Å²) in [7, 11) is 0. The molecule has 0 bridgehead atoms. The van der Waals surface area contributed by atoms with Gasteiger partial charge in [0.15, 0.2) is 0 Å². The van der Waals surface area contributed by atoms with E-state index in [1.165, 1.54) is 24.8 Å². The smallest absolute Gasteiger partial charge is 0.119 e. The maximum Gasteiger partial charge on any atom is 0.119 e. The van der Waals surface area contributed by atoms with Crippen molar-refractivity contribution in [3.8, 4) is 0 Å². The Hall–Kier alpha value is -1.50. The molecule has 2 fully saturated rings. The van der Waals surface area contributed by atoms with E-state index in [-0.39, 0.29) is 5.60 Å². The van der Waals surface area contributed by atoms with E-state index in [0.29, 0.717) is 11.8 Å². The Morgan fingerprint density at radius 3 is 2.85 bits per heavy atom. The molecule has 1 heteroatoms. The van der Waals surface area contributed by atoms with Crippen molar-refractivity contribution in [2.24, 2.45) is 17.8 Å². The van der Waals surface area contributed by atoms with Crippen molar-refractivity contribution in [1.82, 2.24) is 0 Å². The van der Waals surface area contributed by atoms with Gasteiger partial charge in [0.2, 0.25) is 0 Å². The van der Waals surface area contributed by atoms with Crippen LogP contribution in [0.3, 0.4) is 0 Å². The number of benzene rings is 1. The van der Waals surface area contributed by atoms with Gasteiger partial charge in [-0.1, -0.05) is 49.1 Å². The number of allylic oxidation sites excluding steroid dienone is 2. The first-order valence-electron chi connectivity index (χ1n) is 7.86. The predicted molar refractivity (Wildman–Crippen MR) is 81.2 cm³/mol. The van der Waals surface area contributed by atoms with Crippen LogP contribution < -0.4 is 0 Å². The lowest BCUT2D eigenvalue weighted by atomic mass is 9.73. The van der Waals surface area contributed by atoms with Gasteiger partial charge in [-0.15, -0.1) is 0 Å². The van der Waals surface area contributed by atoms with Gasteiger partial charge in [0.05, 0.1) is 5.76 Å². The molecular weight excluding hydrogens is 244 g/mol. The van der Waals surface area contributed by atoms with Gasteiger partial charge < -0.3 is 4.74 Å². The van der Waals surface area contributed by atoms with Crippen LogP contribution in [-0.2, 0) is 11.2 Å². The fraction of sp³-hybridized carbons (Fsp3) is 0.474. The summed E-state index contributed by atoms with van der Waals surface area (Å²) in [5.74, 6) is 2.94. The molecule has 3 aliphatic rings. The Kier molecular flexibility index (Phi) is 2.76. The Labute approximate surface area is 121 Å². The molecule has 0 aromatic heterocycles. The highest BCUT2D eigenvalue weighted by molar-refractivity contribution is 5.24. The van der Waals surface area contributed by atoms with E-state index in [4.69, 9.17) is 4.74 Å². The van der Waals surface area contributed by atoms with Crippen LogP contribution in [0.2, 0.25) is 0 Å². The molecule has 2 aliphatic carbocycles. The average Bonchev–Trinajstić information content (AvgIpc) is 2.95. The Bertz CT molecular complexity index is 544. The van der Waals surface area contributed by atoms with Crippen molar-refractivity contribution in [1.29, 1.82) is 0 Å². The molecular formula is C19H22O. The van der Waals surface area contributed by atoms with Gasteiger partial charge in [0, 0.05) is 24.2 Å². The van der Waals surface area contributed by atoms with Crippen LogP contribution in [0.25, 0.3) is 0 Å². The molecule has 1 aromatic carbocycles. The first kappa shape index (κ1) is 12.3. The monoisotopic (exact) mass is 266 g/mol. The summed E-state index contributed by atoms with van der Waals surface area (Å²) in [6.07, 6.45) is 10.7. The molecule has 0 amide bonds. The van der Waals surface area contributed by atoms with Crippen molar-refractivity contribution in [3.05, 3.63) is 60.4 Å². The molecule has 0 N–H and O–H groups in total. The van der Waals surface area contributed by atoms with Gasteiger partial charge in [-0.05, 0) is 31.2 Å². The molecule has 4 atom stereocenters. The van der Waals surface area contributed by atoms with E-state index in [1.807, 2.05) is 0 Å². The van der Waals surface area contributed by atoms with Crippen molar-refractivity contribution in [3.63, 3.8) is 0 Å². The molecule has 0 unspecified atom stereocenters. The molecule has 20 heavy (non-hydrogen) atoms. The van der Waals surface area contributed by atoms with Crippen LogP contribution in [0.5, 0.6) is 0 Å². The zero-order chi connectivity index (χ0) is 13.6. The first-order valence-corrected chi connectivity index (χ1v) is 7.86. The number of hydrogen-bond donors (Lipinski definition) is 0. The third-order valence-corrected chi connectivity index (χ3v) is 5.69. The van der Waals surface area contributed by atoms with Crippen LogP contribution in [0.4, 0.5) is 0 Å². The summed E-state index contributed by atoms with van der Waals surface area (Å²) < 4.78 is 6.42. The normalized spacial score (nSPS) is 38.4. The summed E-state index contributed by atoms with van der Waals surface area (Å²) in [6.45, 7) is 4.25. The topological polar surface area (TPSA) is 9.23 Å². The van der Waals surface area contributed by atoms with Crippen LogP contribution in [0.1, 0.15) is 31.2 Å². The lowest BCUT2D eigenvalue weighted by molar-refractivity contribution is -0.0185. The zero-order valence-corrected chi connectivity index (χ0v) is 11.9. The van der Waals surface area contributed by atoms with Gasteiger partial charge in [-0.25, -0.2) is 0 Å². The Morgan fingerprint density at radius 2 is 2.00 bits per heavy atom. The summed E-state index contributed by atoms with van der Waals surface area (Å²) in [4.78, 5) is 0. The van der Waals surface area contributed by atoms with E-state index in [9.17, 15) is 0 Å². The summed E-state index contributed by atoms with van der Waals surface area (Å²) in [5, 5.41) is 0. The standard InChI is InChI=1S/C19H22O/c1-14-17(13-15-7-3-2-4-8-15)18-11-10-16-9-5-6-12-19(16,18)20-14/h2-8,16-18H,1,9-13H2/t16-,17-,18-,19-/m0/s1. The highest BCUT2D eigenvalue weighted by Crippen LogP contribution is 2.59. The second-order valence-electron chi connectivity index (χ2n) is 6.61. The van der Waals surface area contributed by atoms with Crippen LogP contribution >= 0.6 is 0 Å². The van der Waals surface area contributed by atoms with Crippen molar-refractivity contribution in [2.45, 2.75) is 37.7 Å². The quantitative estimate of drug-likeness (QED) is 0.716. The van der Waals surface area contributed by atoms with E-state index in [0.717, 1.165) is 24.5 Å². The molecule has 4 rings (SSSR count). The highest BCUT2D eigenvalue weighted by Gasteiger charge is 2.59. The van der Waals surface area contributed by atoms with Gasteiger partial charge in [-0.2, -0.15) is 0 Å². The van der Waals surface area contributed by atoms with E-state index in [2.05, 4.69) is 49.1 Å². The summed E-state index contributed by atoms with van der Waals surface area (Å²) in [5.41, 5.74) is 1.50. The van der Waals surface area contributed by atoms with Crippen LogP contribution in [-0.4, -0.2) is 5.60 Å². The first-order chi connectivity index (χ1) is 9.79. The molecule has 1 saturated heterocycles. The lowest BCUT2D eigenvalue weighted by Crippen LogP contribution is -2.39. The second kappa shape index (κ2) is 4.51. The molecule has 0 radical (unpaired) electrons. The van der Waals surface area contributed by atoms with Crippen molar-refractivity contribution < 1.29 is 4.74 Å². The van der Waals surface area contributed by atoms with Gasteiger partial charge in [-0.3, -0.25) is 0 Å². The molecule has 1 nitrogen and oxygen atoms in total. The van der Waals surface area contributed by atoms with Crippen LogP contribution in [0, 0.1) is 17.8 Å². The number of rotatable bonds is 2. The van der Waals surface area contributed by atoms with Gasteiger partial charge >= 0.3 is 0 Å². The highest BCUT2D eigenvalue weighted by atomic mass is 16.5. The van der Waals surface area contributed by atoms with E-state index in [1.54, 1.807) is 0 Å². The minimum atomic E-state index is 0.0886. The zero-order valence-electron chi connectivity index (χ0n) is 11.9. The van der Waals surface area contributed by atoms with Crippen molar-refractivity contribution in [2.75, 3.05) is 0 Å². The molecule has 1 heterocycles. The predicted octanol–water partition coefficient (Wildman–Crippen LogP) is 4.50. The van der Waals surface area contributed by atoms with Gasteiger partial charge in [0.1, 0.15) is 5.60 Å². The SMILES string of the molecule is C=C1O[C@@]23CC=CC[C@H]2CC[C@H]3[C@H]1Cc1ccccc1. The largest absolute Gasteiger partial charge is 0.491 e. The third kappa shape index (κ3) is 1.69. The second-order valence-corrected chi connectivity index (χ2v) is 6.61. The number of hydrogen-bond acceptors (Lipinski definition) is 1. The molecule has 1 spiro atoms. The molecule has 1 saturated carbocycles. The summed E-state index contributed by atoms with van der Waals surface area (Å²) in [6, 6.07) is 10.8. The van der Waals surface area contributed by atoms with Gasteiger partial charge in [0.25, 0.3) is 0 Å². The Balaban J connectivity index is 1.63. The lowest BCUT2D eigenvalue weighted by Gasteiger charge is -2.36. The molecule has 1 aliphatic heterocycles. The van der Waals surface area contributed by atoms with Crippen molar-refractivity contribution >= 4 is 0 Å². The maximum atomic E-state index is 6.42. The van der Waals surface area contributed by atoms with E-state index >= 15 is 0 Å².